The molecule has 1 aromatic rings. The molecule has 74 valence electrons. The first-order chi connectivity index (χ1) is 5.94. The Morgan fingerprint density at radius 3 is 2.62 bits per heavy atom. The lowest BCUT2D eigenvalue weighted by molar-refractivity contribution is 0.563. The first-order valence-electron chi connectivity index (χ1n) is 4.26. The van der Waals surface area contributed by atoms with Gasteiger partial charge in [0.25, 0.3) is 0 Å². The lowest BCUT2D eigenvalue weighted by atomic mass is 10.2. The highest BCUT2D eigenvalue weighted by atomic mass is 32.2. The molecule has 1 rings (SSSR count). The van der Waals surface area contributed by atoms with E-state index >= 15 is 0 Å². The van der Waals surface area contributed by atoms with Crippen molar-refractivity contribution in [2.45, 2.75) is 32.1 Å². The lowest BCUT2D eigenvalue weighted by Crippen LogP contribution is -2.22. The smallest absolute Gasteiger partial charge is 0.177 e. The van der Waals surface area contributed by atoms with Crippen LogP contribution in [0.4, 0.5) is 0 Å². The van der Waals surface area contributed by atoms with E-state index in [1.54, 1.807) is 0 Å². The molecule has 0 spiro atoms. The molecule has 4 heteroatoms. The van der Waals surface area contributed by atoms with Crippen LogP contribution in [0, 0.1) is 11.7 Å². The van der Waals surface area contributed by atoms with Gasteiger partial charge in [-0.15, -0.1) is 0 Å². The van der Waals surface area contributed by atoms with Crippen LogP contribution >= 0.6 is 24.0 Å². The number of aromatic amines is 1. The molecule has 0 aliphatic heterocycles. The first kappa shape index (κ1) is 10.9. The summed E-state index contributed by atoms with van der Waals surface area (Å²) in [6.45, 7) is 7.43. The second-order valence-corrected chi connectivity index (χ2v) is 5.73. The van der Waals surface area contributed by atoms with Crippen LogP contribution in [0.1, 0.15) is 19.5 Å². The molecule has 0 saturated carbocycles. The molecule has 0 unspecified atom stereocenters. The number of nitrogens with one attached hydrogen (secondary N) is 1. The fourth-order valence-electron chi connectivity index (χ4n) is 1.16. The SMILES string of the molecule is CSC(C)(C)Cn1cc(C)[nH]c1=S. The fraction of sp³-hybridized carbons (Fsp3) is 0.667. The molecule has 0 saturated heterocycles. The van der Waals surface area contributed by atoms with Gasteiger partial charge in [0.1, 0.15) is 0 Å². The van der Waals surface area contributed by atoms with Gasteiger partial charge in [-0.2, -0.15) is 11.8 Å². The number of imidazole rings is 1. The van der Waals surface area contributed by atoms with Crippen molar-refractivity contribution in [2.75, 3.05) is 6.26 Å². The zero-order valence-corrected chi connectivity index (χ0v) is 10.2. The van der Waals surface area contributed by atoms with Gasteiger partial charge in [0, 0.05) is 23.2 Å². The Bertz CT molecular complexity index is 336. The third kappa shape index (κ3) is 2.88. The molecular weight excluding hydrogens is 200 g/mol. The van der Waals surface area contributed by atoms with Crippen LogP contribution in [0.2, 0.25) is 0 Å². The molecule has 0 fully saturated rings. The molecule has 0 amide bonds. The Hall–Kier alpha value is -0.220. The van der Waals surface area contributed by atoms with Gasteiger partial charge in [0.05, 0.1) is 0 Å². The van der Waals surface area contributed by atoms with Gasteiger partial charge in [-0.05, 0) is 39.2 Å². The first-order valence-corrected chi connectivity index (χ1v) is 5.89. The monoisotopic (exact) mass is 216 g/mol. The number of hydrogen-bond acceptors (Lipinski definition) is 2. The summed E-state index contributed by atoms with van der Waals surface area (Å²) < 4.78 is 3.16. The zero-order chi connectivity index (χ0) is 10.1. The predicted molar refractivity (Wildman–Crippen MR) is 61.9 cm³/mol. The zero-order valence-electron chi connectivity index (χ0n) is 8.55. The number of aromatic nitrogens is 2. The molecular formula is C9H16N2S2. The van der Waals surface area contributed by atoms with Gasteiger partial charge in [-0.1, -0.05) is 0 Å². The normalized spacial score (nSPS) is 12.0. The van der Waals surface area contributed by atoms with Gasteiger partial charge >= 0.3 is 0 Å². The summed E-state index contributed by atoms with van der Waals surface area (Å²) in [5.41, 5.74) is 1.13. The van der Waals surface area contributed by atoms with Gasteiger partial charge < -0.3 is 9.55 Å². The number of H-pyrrole nitrogens is 1. The summed E-state index contributed by atoms with van der Waals surface area (Å²) in [4.78, 5) is 3.12. The third-order valence-electron chi connectivity index (χ3n) is 2.02. The summed E-state index contributed by atoms with van der Waals surface area (Å²) in [6.07, 6.45) is 4.20. The lowest BCUT2D eigenvalue weighted by Gasteiger charge is -2.22. The average molecular weight is 216 g/mol. The molecule has 0 aliphatic rings. The molecule has 0 aliphatic carbocycles. The molecule has 2 nitrogen and oxygen atoms in total. The van der Waals surface area contributed by atoms with Crippen LogP contribution in [0.15, 0.2) is 6.20 Å². The molecule has 0 bridgehead atoms. The maximum absolute atomic E-state index is 5.19. The van der Waals surface area contributed by atoms with Crippen LogP contribution in [-0.4, -0.2) is 20.6 Å². The minimum atomic E-state index is 0.243. The molecule has 1 N–H and O–H groups in total. The van der Waals surface area contributed by atoms with Crippen LogP contribution in [-0.2, 0) is 6.54 Å². The van der Waals surface area contributed by atoms with E-state index in [0.717, 1.165) is 17.0 Å². The summed E-state index contributed by atoms with van der Waals surface area (Å²) in [5.74, 6) is 0. The highest BCUT2D eigenvalue weighted by molar-refractivity contribution is 7.99. The Balaban J connectivity index is 2.86. The van der Waals surface area contributed by atoms with Crippen molar-refractivity contribution in [1.82, 2.24) is 9.55 Å². The van der Waals surface area contributed by atoms with Crippen molar-refractivity contribution >= 4 is 24.0 Å². The Kier molecular flexibility index (Phi) is 3.24. The van der Waals surface area contributed by atoms with Gasteiger partial charge in [0.15, 0.2) is 4.77 Å². The van der Waals surface area contributed by atoms with E-state index in [1.807, 2.05) is 18.7 Å². The Morgan fingerprint density at radius 1 is 1.62 bits per heavy atom. The van der Waals surface area contributed by atoms with Crippen molar-refractivity contribution < 1.29 is 0 Å². The van der Waals surface area contributed by atoms with E-state index in [0.29, 0.717) is 0 Å². The maximum Gasteiger partial charge on any atom is 0.177 e. The molecule has 0 radical (unpaired) electrons. The average Bonchev–Trinajstić information content (AvgIpc) is 2.30. The molecule has 0 aromatic carbocycles. The van der Waals surface area contributed by atoms with Crippen LogP contribution in [0.3, 0.4) is 0 Å². The van der Waals surface area contributed by atoms with Crippen LogP contribution in [0.25, 0.3) is 0 Å². The third-order valence-corrected chi connectivity index (χ3v) is 3.59. The summed E-state index contributed by atoms with van der Waals surface area (Å²) >= 11 is 7.05. The molecule has 1 heterocycles. The van der Waals surface area contributed by atoms with E-state index in [-0.39, 0.29) is 4.75 Å². The quantitative estimate of drug-likeness (QED) is 0.784. The largest absolute Gasteiger partial charge is 0.335 e. The Morgan fingerprint density at radius 2 is 2.23 bits per heavy atom. The van der Waals surface area contributed by atoms with Gasteiger partial charge in [-0.25, -0.2) is 0 Å². The number of rotatable bonds is 3. The number of aryl methyl sites for hydroxylation is 1. The Labute approximate surface area is 88.7 Å². The summed E-state index contributed by atoms with van der Waals surface area (Å²) in [6, 6.07) is 0. The fourth-order valence-corrected chi connectivity index (χ4v) is 1.70. The van der Waals surface area contributed by atoms with Gasteiger partial charge in [0.2, 0.25) is 0 Å². The number of thioether (sulfide) groups is 1. The van der Waals surface area contributed by atoms with Gasteiger partial charge in [-0.3, -0.25) is 0 Å². The van der Waals surface area contributed by atoms with Crippen molar-refractivity contribution in [3.8, 4) is 0 Å². The topological polar surface area (TPSA) is 20.7 Å². The van der Waals surface area contributed by atoms with E-state index in [9.17, 15) is 0 Å². The van der Waals surface area contributed by atoms with Crippen molar-refractivity contribution in [3.05, 3.63) is 16.7 Å². The van der Waals surface area contributed by atoms with Crippen LogP contribution in [0.5, 0.6) is 0 Å². The number of hydrogen-bond donors (Lipinski definition) is 1. The molecule has 13 heavy (non-hydrogen) atoms. The van der Waals surface area contributed by atoms with E-state index < -0.39 is 0 Å². The molecule has 1 aromatic heterocycles. The van der Waals surface area contributed by atoms with Crippen molar-refractivity contribution in [3.63, 3.8) is 0 Å². The standard InChI is InChI=1S/C9H16N2S2/c1-7-5-11(8(12)10-7)6-9(2,3)13-4/h5H,6H2,1-4H3,(H,10,12). The highest BCUT2D eigenvalue weighted by Gasteiger charge is 2.16. The van der Waals surface area contributed by atoms with Crippen LogP contribution < -0.4 is 0 Å². The maximum atomic E-state index is 5.19. The van der Waals surface area contributed by atoms with E-state index in [1.165, 1.54) is 0 Å². The van der Waals surface area contributed by atoms with E-state index in [4.69, 9.17) is 12.2 Å². The second-order valence-electron chi connectivity index (χ2n) is 3.83. The number of nitrogens with zero attached hydrogens (tertiary/aromatic N) is 1. The minimum Gasteiger partial charge on any atom is -0.335 e. The van der Waals surface area contributed by atoms with Crippen molar-refractivity contribution in [1.29, 1.82) is 0 Å². The predicted octanol–water partition coefficient (Wildman–Crippen LogP) is 3.00. The van der Waals surface area contributed by atoms with Crippen molar-refractivity contribution in [2.24, 2.45) is 0 Å². The highest BCUT2D eigenvalue weighted by Crippen LogP contribution is 2.23. The molecule has 0 atom stereocenters. The van der Waals surface area contributed by atoms with E-state index in [2.05, 4.69) is 35.9 Å². The summed E-state index contributed by atoms with van der Waals surface area (Å²) in [7, 11) is 0. The minimum absolute atomic E-state index is 0.243. The summed E-state index contributed by atoms with van der Waals surface area (Å²) in [5, 5.41) is 0. The second kappa shape index (κ2) is 3.88.